The highest BCUT2D eigenvalue weighted by atomic mass is 32.2. The van der Waals surface area contributed by atoms with Crippen LogP contribution in [0.2, 0.25) is 0 Å². The van der Waals surface area contributed by atoms with E-state index in [-0.39, 0.29) is 0 Å². The maximum absolute atomic E-state index is 2.97. The second-order valence-corrected chi connectivity index (χ2v) is 3.37. The smallest absolute Gasteiger partial charge is 0.297 e. The van der Waals surface area contributed by atoms with Crippen molar-refractivity contribution in [1.82, 2.24) is 14.4 Å². The maximum Gasteiger partial charge on any atom is 0.297 e. The third-order valence-electron chi connectivity index (χ3n) is 1.31. The molecule has 0 aromatic rings. The lowest BCUT2D eigenvalue weighted by molar-refractivity contribution is 0.888. The Hall–Kier alpha value is 0.425. The first-order chi connectivity index (χ1) is 5.43. The molecule has 0 aromatic heterocycles. The number of hydrogen-bond acceptors (Lipinski definition) is 4. The highest BCUT2D eigenvalue weighted by Gasteiger charge is 2.13. The molecule has 0 aromatic carbocycles. The zero-order valence-electron chi connectivity index (χ0n) is 6.71. The van der Waals surface area contributed by atoms with Crippen molar-refractivity contribution >= 4 is 34.6 Å². The van der Waals surface area contributed by atoms with Crippen LogP contribution in [0.15, 0.2) is 0 Å². The van der Waals surface area contributed by atoms with E-state index in [4.69, 9.17) is 0 Å². The van der Waals surface area contributed by atoms with E-state index in [0.717, 1.165) is 0 Å². The summed E-state index contributed by atoms with van der Waals surface area (Å²) in [7, 11) is 5.64. The summed E-state index contributed by atoms with van der Waals surface area (Å²) < 4.78 is 2.04. The van der Waals surface area contributed by atoms with Crippen LogP contribution in [0.25, 0.3) is 0 Å². The maximum atomic E-state index is 2.97. The van der Waals surface area contributed by atoms with Crippen molar-refractivity contribution < 1.29 is 0 Å². The van der Waals surface area contributed by atoms with Crippen LogP contribution in [-0.4, -0.2) is 32.5 Å². The highest BCUT2D eigenvalue weighted by molar-refractivity contribution is 7.98. The lowest BCUT2D eigenvalue weighted by atomic mass is 9.85. The van der Waals surface area contributed by atoms with E-state index in [0.29, 0.717) is 0 Å². The number of nitrogens with zero attached hydrogens (tertiary/aromatic N) is 1. The standard InChI is InChI=1S/C4H11B3N3S/c1-2-3-4-11-10-6-8-5-9-7-10/h8-9H,2-4H2,1H3. The van der Waals surface area contributed by atoms with Gasteiger partial charge in [-0.05, 0) is 6.42 Å². The van der Waals surface area contributed by atoms with Crippen molar-refractivity contribution in [3.8, 4) is 0 Å². The Labute approximate surface area is 75.0 Å². The van der Waals surface area contributed by atoms with Gasteiger partial charge < -0.3 is 14.4 Å². The van der Waals surface area contributed by atoms with Crippen LogP contribution < -0.4 is 10.3 Å². The van der Waals surface area contributed by atoms with Gasteiger partial charge in [0.2, 0.25) is 0 Å². The van der Waals surface area contributed by atoms with Crippen molar-refractivity contribution in [2.75, 3.05) is 5.75 Å². The molecule has 1 aliphatic rings. The van der Waals surface area contributed by atoms with Crippen LogP contribution in [-0.2, 0) is 0 Å². The Morgan fingerprint density at radius 1 is 1.36 bits per heavy atom. The Morgan fingerprint density at radius 3 is 2.73 bits per heavy atom. The van der Waals surface area contributed by atoms with Gasteiger partial charge in [-0.1, -0.05) is 13.3 Å². The SMILES string of the molecule is CCCCSN1[B]N[B]N[B]1. The Morgan fingerprint density at radius 2 is 2.09 bits per heavy atom. The molecule has 1 fully saturated rings. The second kappa shape index (κ2) is 6.00. The zero-order chi connectivity index (χ0) is 7.94. The summed E-state index contributed by atoms with van der Waals surface area (Å²) in [5.41, 5.74) is 0. The molecule has 1 aliphatic heterocycles. The summed E-state index contributed by atoms with van der Waals surface area (Å²) >= 11 is 1.80. The van der Waals surface area contributed by atoms with Gasteiger partial charge in [0.15, 0.2) is 0 Å². The molecule has 0 bridgehead atoms. The largest absolute Gasteiger partial charge is 0.378 e. The first kappa shape index (κ1) is 9.51. The predicted octanol–water partition coefficient (Wildman–Crippen LogP) is -0.468. The van der Waals surface area contributed by atoms with Gasteiger partial charge in [0.1, 0.15) is 0 Å². The predicted molar refractivity (Wildman–Crippen MR) is 52.7 cm³/mol. The molecule has 7 heteroatoms. The average Bonchev–Trinajstić information content (AvgIpc) is 2.07. The fourth-order valence-corrected chi connectivity index (χ4v) is 1.60. The van der Waals surface area contributed by atoms with Crippen LogP contribution in [0.1, 0.15) is 19.8 Å². The Balaban J connectivity index is 1.96. The first-order valence-electron chi connectivity index (χ1n) is 3.85. The number of nitrogens with one attached hydrogen (secondary N) is 2. The molecular weight excluding hydrogens is 155 g/mol. The topological polar surface area (TPSA) is 27.3 Å². The quantitative estimate of drug-likeness (QED) is 0.335. The summed E-state index contributed by atoms with van der Waals surface area (Å²) in [4.78, 5) is 0. The molecule has 0 unspecified atom stereocenters. The number of hydrogen-bond donors (Lipinski definition) is 2. The fraction of sp³-hybridized carbons (Fsp3) is 1.00. The molecule has 0 amide bonds. The van der Waals surface area contributed by atoms with Gasteiger partial charge in [-0.2, -0.15) is 0 Å². The molecule has 0 saturated carbocycles. The Bertz CT molecular complexity index is 101. The van der Waals surface area contributed by atoms with Gasteiger partial charge in [0.25, 0.3) is 22.6 Å². The summed E-state index contributed by atoms with van der Waals surface area (Å²) in [6.45, 7) is 2.20. The van der Waals surface area contributed by atoms with Crippen LogP contribution >= 0.6 is 11.9 Å². The first-order valence-corrected chi connectivity index (χ1v) is 4.79. The van der Waals surface area contributed by atoms with Crippen molar-refractivity contribution in [2.45, 2.75) is 19.8 Å². The van der Waals surface area contributed by atoms with Crippen molar-refractivity contribution in [3.05, 3.63) is 0 Å². The molecule has 0 atom stereocenters. The van der Waals surface area contributed by atoms with Gasteiger partial charge in [0, 0.05) is 5.75 Å². The highest BCUT2D eigenvalue weighted by Crippen LogP contribution is 2.08. The van der Waals surface area contributed by atoms with Gasteiger partial charge >= 0.3 is 0 Å². The van der Waals surface area contributed by atoms with Crippen LogP contribution in [0.3, 0.4) is 0 Å². The monoisotopic (exact) mass is 166 g/mol. The van der Waals surface area contributed by atoms with Gasteiger partial charge in [-0.25, -0.2) is 0 Å². The van der Waals surface area contributed by atoms with E-state index < -0.39 is 0 Å². The third kappa shape index (κ3) is 4.11. The van der Waals surface area contributed by atoms with Gasteiger partial charge in [-0.15, -0.1) is 11.9 Å². The van der Waals surface area contributed by atoms with E-state index in [1.54, 1.807) is 19.5 Å². The molecule has 1 rings (SSSR count). The molecule has 3 radical (unpaired) electrons. The summed E-state index contributed by atoms with van der Waals surface area (Å²) in [6, 6.07) is 0. The van der Waals surface area contributed by atoms with E-state index in [2.05, 4.69) is 17.2 Å². The molecular formula is C4H11B3N3S. The lowest BCUT2D eigenvalue weighted by Gasteiger charge is -2.23. The molecule has 1 saturated heterocycles. The average molecular weight is 166 g/mol. The molecule has 0 spiro atoms. The molecule has 3 nitrogen and oxygen atoms in total. The minimum Gasteiger partial charge on any atom is -0.378 e. The Kier molecular flexibility index (Phi) is 5.19. The molecule has 0 aliphatic carbocycles. The molecule has 11 heavy (non-hydrogen) atoms. The van der Waals surface area contributed by atoms with Gasteiger partial charge in [0.05, 0.1) is 0 Å². The van der Waals surface area contributed by atoms with E-state index in [9.17, 15) is 0 Å². The van der Waals surface area contributed by atoms with Crippen LogP contribution in [0.5, 0.6) is 0 Å². The van der Waals surface area contributed by atoms with Gasteiger partial charge in [-0.3, -0.25) is 0 Å². The van der Waals surface area contributed by atoms with Crippen molar-refractivity contribution in [2.24, 2.45) is 0 Å². The van der Waals surface area contributed by atoms with Crippen molar-refractivity contribution in [1.29, 1.82) is 0 Å². The minimum absolute atomic E-state index is 1.17. The van der Waals surface area contributed by atoms with E-state index >= 15 is 0 Å². The lowest BCUT2D eigenvalue weighted by Crippen LogP contribution is -2.55. The second-order valence-electron chi connectivity index (χ2n) is 2.28. The fourth-order valence-electron chi connectivity index (χ4n) is 0.696. The number of rotatable bonds is 4. The molecule has 1 heterocycles. The molecule has 2 N–H and O–H groups in total. The summed E-state index contributed by atoms with van der Waals surface area (Å²) in [5, 5.41) is 5.95. The minimum atomic E-state index is 1.17. The van der Waals surface area contributed by atoms with Crippen LogP contribution in [0, 0.1) is 0 Å². The van der Waals surface area contributed by atoms with Crippen LogP contribution in [0.4, 0.5) is 0 Å². The zero-order valence-corrected chi connectivity index (χ0v) is 7.53. The molecule has 57 valence electrons. The normalized spacial score (nSPS) is 18.3. The van der Waals surface area contributed by atoms with E-state index in [1.807, 2.05) is 19.2 Å². The summed E-state index contributed by atoms with van der Waals surface area (Å²) in [5.74, 6) is 1.17. The third-order valence-corrected chi connectivity index (χ3v) is 2.29. The summed E-state index contributed by atoms with van der Waals surface area (Å²) in [6.07, 6.45) is 2.53. The van der Waals surface area contributed by atoms with E-state index in [1.165, 1.54) is 18.6 Å². The number of unbranched alkanes of at least 4 members (excludes halogenated alkanes) is 1. The van der Waals surface area contributed by atoms with Crippen molar-refractivity contribution in [3.63, 3.8) is 0 Å².